The van der Waals surface area contributed by atoms with Crippen LogP contribution in [0.5, 0.6) is 0 Å². The Balaban J connectivity index is 1.99. The molecule has 0 aromatic carbocycles. The predicted octanol–water partition coefficient (Wildman–Crippen LogP) is 4.16. The number of hydrogen-bond donors (Lipinski definition) is 0. The molecule has 1 heterocycles. The molecule has 0 radical (unpaired) electrons. The molecule has 1 aliphatic rings. The maximum absolute atomic E-state index is 12.7. The zero-order valence-corrected chi connectivity index (χ0v) is 12.0. The van der Waals surface area contributed by atoms with Crippen LogP contribution in [0, 0.1) is 5.92 Å². The van der Waals surface area contributed by atoms with Gasteiger partial charge in [0.25, 0.3) is 6.43 Å². The molecule has 21 heavy (non-hydrogen) atoms. The molecule has 0 aliphatic heterocycles. The molecule has 0 saturated heterocycles. The number of hydrogen-bond acceptors (Lipinski definition) is 3. The summed E-state index contributed by atoms with van der Waals surface area (Å²) in [5.74, 6) is 0.100. The van der Waals surface area contributed by atoms with Crippen molar-refractivity contribution in [2.45, 2.75) is 39.0 Å². The van der Waals surface area contributed by atoms with Crippen molar-refractivity contribution in [2.24, 2.45) is 5.92 Å². The summed E-state index contributed by atoms with van der Waals surface area (Å²) in [6.45, 7) is 2.19. The van der Waals surface area contributed by atoms with Crippen molar-refractivity contribution >= 4 is 11.5 Å². The Hall–Kier alpha value is -1.78. The largest absolute Gasteiger partial charge is 0.466 e. The Labute approximate surface area is 123 Å². The van der Waals surface area contributed by atoms with Gasteiger partial charge in [-0.2, -0.15) is 0 Å². The number of carbonyl (C=O) groups excluding carboxylic acids is 1. The van der Waals surface area contributed by atoms with E-state index in [-0.39, 0.29) is 17.6 Å². The second-order valence-corrected chi connectivity index (χ2v) is 5.13. The van der Waals surface area contributed by atoms with E-state index in [1.807, 2.05) is 6.08 Å². The predicted molar refractivity (Wildman–Crippen MR) is 75.8 cm³/mol. The average molecular weight is 295 g/mol. The van der Waals surface area contributed by atoms with Gasteiger partial charge >= 0.3 is 5.97 Å². The molecule has 0 bridgehead atoms. The summed E-state index contributed by atoms with van der Waals surface area (Å²) >= 11 is 0. The van der Waals surface area contributed by atoms with Gasteiger partial charge in [0.05, 0.1) is 12.3 Å². The molecule has 0 saturated carbocycles. The minimum Gasteiger partial charge on any atom is -0.466 e. The van der Waals surface area contributed by atoms with E-state index in [1.165, 1.54) is 6.07 Å². The minimum absolute atomic E-state index is 0.169. The van der Waals surface area contributed by atoms with Crippen LogP contribution < -0.4 is 0 Å². The lowest BCUT2D eigenvalue weighted by Crippen LogP contribution is -2.14. The number of aromatic nitrogens is 1. The van der Waals surface area contributed by atoms with Crippen molar-refractivity contribution < 1.29 is 18.3 Å². The number of nitrogens with zero attached hydrogens (tertiary/aromatic N) is 1. The van der Waals surface area contributed by atoms with Gasteiger partial charge in [-0.05, 0) is 49.8 Å². The van der Waals surface area contributed by atoms with Crippen LogP contribution in [-0.2, 0) is 9.53 Å². The second kappa shape index (κ2) is 7.29. The lowest BCUT2D eigenvalue weighted by molar-refractivity contribution is -0.144. The topological polar surface area (TPSA) is 39.2 Å². The molecular formula is C16H19F2NO2. The molecule has 0 amide bonds. The van der Waals surface area contributed by atoms with Gasteiger partial charge in [-0.25, -0.2) is 13.8 Å². The van der Waals surface area contributed by atoms with Gasteiger partial charge in [-0.1, -0.05) is 12.1 Å². The van der Waals surface area contributed by atoms with E-state index in [4.69, 9.17) is 4.74 Å². The van der Waals surface area contributed by atoms with Crippen molar-refractivity contribution in [3.05, 3.63) is 35.7 Å². The Kier molecular flexibility index (Phi) is 5.42. The van der Waals surface area contributed by atoms with Crippen LogP contribution in [0.4, 0.5) is 8.78 Å². The van der Waals surface area contributed by atoms with Crippen LogP contribution in [0.25, 0.3) is 5.57 Å². The van der Waals surface area contributed by atoms with E-state index in [1.54, 1.807) is 19.1 Å². The maximum atomic E-state index is 12.7. The Morgan fingerprint density at radius 2 is 2.29 bits per heavy atom. The Morgan fingerprint density at radius 1 is 1.48 bits per heavy atom. The zero-order chi connectivity index (χ0) is 15.2. The van der Waals surface area contributed by atoms with Crippen molar-refractivity contribution in [2.75, 3.05) is 6.61 Å². The lowest BCUT2D eigenvalue weighted by Gasteiger charge is -2.21. The normalized spacial score (nSPS) is 18.5. The molecule has 1 aromatic rings. The third-order valence-electron chi connectivity index (χ3n) is 3.60. The first-order chi connectivity index (χ1) is 10.1. The molecule has 1 aliphatic carbocycles. The summed E-state index contributed by atoms with van der Waals surface area (Å²) in [5.41, 5.74) is 1.40. The van der Waals surface area contributed by atoms with Gasteiger partial charge in [0, 0.05) is 6.42 Å². The van der Waals surface area contributed by atoms with Crippen molar-refractivity contribution in [3.63, 3.8) is 0 Å². The third-order valence-corrected chi connectivity index (χ3v) is 3.60. The zero-order valence-electron chi connectivity index (χ0n) is 12.0. The number of halogens is 2. The van der Waals surface area contributed by atoms with Crippen LogP contribution in [0.3, 0.4) is 0 Å². The van der Waals surface area contributed by atoms with Crippen molar-refractivity contribution in [3.8, 4) is 0 Å². The summed E-state index contributed by atoms with van der Waals surface area (Å²) in [5, 5.41) is 0. The smallest absolute Gasteiger partial charge is 0.306 e. The van der Waals surface area contributed by atoms with Crippen LogP contribution in [-0.4, -0.2) is 17.6 Å². The average Bonchev–Trinajstić information content (AvgIpc) is 2.48. The highest BCUT2D eigenvalue weighted by molar-refractivity contribution is 5.70. The molecule has 0 fully saturated rings. The van der Waals surface area contributed by atoms with Crippen molar-refractivity contribution in [1.29, 1.82) is 0 Å². The molecular weight excluding hydrogens is 276 g/mol. The number of allylic oxidation sites excluding steroid dienone is 2. The molecule has 5 heteroatoms. The Morgan fingerprint density at radius 3 is 2.90 bits per heavy atom. The summed E-state index contributed by atoms with van der Waals surface area (Å²) in [6, 6.07) is 4.69. The van der Waals surface area contributed by atoms with Gasteiger partial charge in [-0.15, -0.1) is 0 Å². The molecule has 0 N–H and O–H groups in total. The standard InChI is InChI=1S/C16H19F2NO2/c1-2-21-15(20)10-11-6-8-12(9-7-11)13-4-3-5-14(19-13)16(17)18/h3-5,8,11,16H,2,6-7,9-10H2,1H3. The first-order valence-corrected chi connectivity index (χ1v) is 7.20. The fraction of sp³-hybridized carbons (Fsp3) is 0.500. The fourth-order valence-electron chi connectivity index (χ4n) is 2.51. The van der Waals surface area contributed by atoms with E-state index in [0.717, 1.165) is 24.8 Å². The SMILES string of the molecule is CCOC(=O)CC1CC=C(c2cccc(C(F)F)n2)CC1. The number of alkyl halides is 2. The molecule has 1 aromatic heterocycles. The highest BCUT2D eigenvalue weighted by Crippen LogP contribution is 2.31. The minimum atomic E-state index is -2.55. The lowest BCUT2D eigenvalue weighted by atomic mass is 9.86. The van der Waals surface area contributed by atoms with E-state index < -0.39 is 6.43 Å². The Bertz CT molecular complexity index is 529. The molecule has 3 nitrogen and oxygen atoms in total. The van der Waals surface area contributed by atoms with Gasteiger partial charge in [0.1, 0.15) is 5.69 Å². The monoisotopic (exact) mass is 295 g/mol. The maximum Gasteiger partial charge on any atom is 0.306 e. The first kappa shape index (κ1) is 15.6. The second-order valence-electron chi connectivity index (χ2n) is 5.13. The number of ether oxygens (including phenoxy) is 1. The molecule has 1 unspecified atom stereocenters. The number of esters is 1. The quantitative estimate of drug-likeness (QED) is 0.766. The first-order valence-electron chi connectivity index (χ1n) is 7.20. The number of pyridine rings is 1. The number of carbonyl (C=O) groups is 1. The van der Waals surface area contributed by atoms with E-state index in [9.17, 15) is 13.6 Å². The summed E-state index contributed by atoms with van der Waals surface area (Å²) < 4.78 is 30.3. The van der Waals surface area contributed by atoms with Gasteiger partial charge in [-0.3, -0.25) is 4.79 Å². The van der Waals surface area contributed by atoms with E-state index in [0.29, 0.717) is 18.7 Å². The van der Waals surface area contributed by atoms with E-state index >= 15 is 0 Å². The molecule has 0 spiro atoms. The highest BCUT2D eigenvalue weighted by atomic mass is 19.3. The van der Waals surface area contributed by atoms with Gasteiger partial charge in [0.2, 0.25) is 0 Å². The molecule has 1 atom stereocenters. The molecule has 2 rings (SSSR count). The highest BCUT2D eigenvalue weighted by Gasteiger charge is 2.20. The summed E-state index contributed by atoms with van der Waals surface area (Å²) in [6.07, 6.45) is 2.24. The summed E-state index contributed by atoms with van der Waals surface area (Å²) in [7, 11) is 0. The molecule has 114 valence electrons. The van der Waals surface area contributed by atoms with Crippen LogP contribution in [0.1, 0.15) is 50.4 Å². The number of rotatable bonds is 5. The van der Waals surface area contributed by atoms with Gasteiger partial charge < -0.3 is 4.74 Å². The van der Waals surface area contributed by atoms with Crippen molar-refractivity contribution in [1.82, 2.24) is 4.98 Å². The summed E-state index contributed by atoms with van der Waals surface area (Å²) in [4.78, 5) is 15.4. The van der Waals surface area contributed by atoms with Crippen LogP contribution in [0.15, 0.2) is 24.3 Å². The fourth-order valence-corrected chi connectivity index (χ4v) is 2.51. The van der Waals surface area contributed by atoms with Crippen LogP contribution >= 0.6 is 0 Å². The van der Waals surface area contributed by atoms with Gasteiger partial charge in [0.15, 0.2) is 0 Å². The van der Waals surface area contributed by atoms with E-state index in [2.05, 4.69) is 4.98 Å². The third kappa shape index (κ3) is 4.34. The van der Waals surface area contributed by atoms with Crippen LogP contribution in [0.2, 0.25) is 0 Å².